The molecule has 3 atom stereocenters. The molecule has 45 heavy (non-hydrogen) atoms. The molecule has 4 aromatic rings. The Balaban J connectivity index is 1.11. The van der Waals surface area contributed by atoms with E-state index in [1.807, 2.05) is 13.8 Å². The van der Waals surface area contributed by atoms with Gasteiger partial charge in [0.1, 0.15) is 5.69 Å². The standard InChI is InChI=1S/C30H31ClF3N9O2/c1-16(18-8-36-29(37-9-18)42-7-6-24(42)17(2)41-14-30(3,45)15-41)43-13-19(10-38-43)39-28(44)23-12-35-11-22(40-23)25-20(27(33)34)4-5-21(31)26(25)32/h4-5,8-13,16-17,24,27,45H,6-7,14-15H2,1-3H3,(H,39,44)/t16?,17-,24?/m1/s1. The summed E-state index contributed by atoms with van der Waals surface area (Å²) in [6.45, 7) is 8.12. The summed E-state index contributed by atoms with van der Waals surface area (Å²) < 4.78 is 43.5. The fourth-order valence-electron chi connectivity index (χ4n) is 5.78. The second kappa shape index (κ2) is 12.0. The molecule has 2 fully saturated rings. The number of hydrogen-bond donors (Lipinski definition) is 2. The van der Waals surface area contributed by atoms with Crippen LogP contribution in [0.25, 0.3) is 11.3 Å². The van der Waals surface area contributed by atoms with Crippen molar-refractivity contribution in [1.82, 2.24) is 34.6 Å². The molecule has 15 heteroatoms. The van der Waals surface area contributed by atoms with Crippen LogP contribution in [0.1, 0.15) is 61.3 Å². The van der Waals surface area contributed by atoms with Crippen LogP contribution in [0.3, 0.4) is 0 Å². The van der Waals surface area contributed by atoms with Gasteiger partial charge in [-0.25, -0.2) is 28.1 Å². The molecule has 5 heterocycles. The zero-order valence-corrected chi connectivity index (χ0v) is 25.5. The van der Waals surface area contributed by atoms with E-state index in [0.717, 1.165) is 43.1 Å². The number of likely N-dealkylation sites (tertiary alicyclic amines) is 1. The van der Waals surface area contributed by atoms with Crippen molar-refractivity contribution < 1.29 is 23.1 Å². The van der Waals surface area contributed by atoms with Crippen LogP contribution in [0.2, 0.25) is 5.02 Å². The Bertz CT molecular complexity index is 1710. The first kappa shape index (κ1) is 30.9. The van der Waals surface area contributed by atoms with Gasteiger partial charge in [-0.1, -0.05) is 17.7 Å². The lowest BCUT2D eigenvalue weighted by molar-refractivity contribution is -0.105. The Kier molecular flexibility index (Phi) is 8.22. The molecule has 2 aliphatic heterocycles. The highest BCUT2D eigenvalue weighted by Crippen LogP contribution is 2.36. The summed E-state index contributed by atoms with van der Waals surface area (Å²) >= 11 is 5.82. The number of hydrogen-bond acceptors (Lipinski definition) is 9. The number of rotatable bonds is 9. The number of carbonyl (C=O) groups excluding carboxylic acids is 1. The van der Waals surface area contributed by atoms with E-state index in [2.05, 4.69) is 47.1 Å². The van der Waals surface area contributed by atoms with E-state index < -0.39 is 34.9 Å². The van der Waals surface area contributed by atoms with Crippen molar-refractivity contribution in [3.8, 4) is 11.3 Å². The highest BCUT2D eigenvalue weighted by molar-refractivity contribution is 6.31. The fraction of sp³-hybridized carbons (Fsp3) is 0.400. The van der Waals surface area contributed by atoms with Crippen LogP contribution >= 0.6 is 11.6 Å². The van der Waals surface area contributed by atoms with Gasteiger partial charge in [0.25, 0.3) is 12.3 Å². The largest absolute Gasteiger partial charge is 0.388 e. The monoisotopic (exact) mass is 641 g/mol. The van der Waals surface area contributed by atoms with Gasteiger partial charge >= 0.3 is 0 Å². The number of nitrogens with zero attached hydrogens (tertiary/aromatic N) is 8. The van der Waals surface area contributed by atoms with Crippen molar-refractivity contribution in [3.63, 3.8) is 0 Å². The van der Waals surface area contributed by atoms with Crippen molar-refractivity contribution >= 4 is 29.1 Å². The minimum Gasteiger partial charge on any atom is -0.388 e. The molecule has 0 radical (unpaired) electrons. The minimum atomic E-state index is -2.99. The Morgan fingerprint density at radius 1 is 1.13 bits per heavy atom. The predicted molar refractivity (Wildman–Crippen MR) is 161 cm³/mol. The number of benzene rings is 1. The molecule has 0 bridgehead atoms. The Morgan fingerprint density at radius 3 is 2.51 bits per heavy atom. The van der Waals surface area contributed by atoms with E-state index in [1.165, 1.54) is 6.20 Å². The molecule has 6 rings (SSSR count). The van der Waals surface area contributed by atoms with E-state index in [-0.39, 0.29) is 34.5 Å². The van der Waals surface area contributed by atoms with Crippen LogP contribution < -0.4 is 10.2 Å². The average Bonchev–Trinajstić information content (AvgIpc) is 3.45. The first-order valence-corrected chi connectivity index (χ1v) is 14.8. The van der Waals surface area contributed by atoms with Crippen molar-refractivity contribution in [2.45, 2.75) is 57.3 Å². The first-order chi connectivity index (χ1) is 21.4. The van der Waals surface area contributed by atoms with Gasteiger partial charge in [-0.05, 0) is 33.3 Å². The number of carbonyl (C=O) groups is 1. The summed E-state index contributed by atoms with van der Waals surface area (Å²) in [6, 6.07) is 2.34. The van der Waals surface area contributed by atoms with Gasteiger partial charge in [-0.3, -0.25) is 19.4 Å². The molecular formula is C30H31ClF3N9O2. The molecular weight excluding hydrogens is 611 g/mol. The summed E-state index contributed by atoms with van der Waals surface area (Å²) in [5, 5.41) is 16.7. The number of halogens is 4. The Labute approximate surface area is 262 Å². The third kappa shape index (κ3) is 6.09. The first-order valence-electron chi connectivity index (χ1n) is 14.4. The highest BCUT2D eigenvalue weighted by atomic mass is 35.5. The molecule has 0 spiro atoms. The van der Waals surface area contributed by atoms with Gasteiger partial charge < -0.3 is 15.3 Å². The average molecular weight is 642 g/mol. The zero-order chi connectivity index (χ0) is 32.0. The van der Waals surface area contributed by atoms with E-state index in [0.29, 0.717) is 24.7 Å². The Hall–Kier alpha value is -4.14. The summed E-state index contributed by atoms with van der Waals surface area (Å²) in [5.74, 6) is -1.11. The lowest BCUT2D eigenvalue weighted by Crippen LogP contribution is -2.68. The van der Waals surface area contributed by atoms with Crippen LogP contribution in [0.15, 0.2) is 49.3 Å². The number of anilines is 2. The maximum Gasteiger partial charge on any atom is 0.275 e. The van der Waals surface area contributed by atoms with Crippen molar-refractivity contribution in [2.24, 2.45) is 0 Å². The molecule has 0 saturated carbocycles. The molecule has 2 N–H and O–H groups in total. The summed E-state index contributed by atoms with van der Waals surface area (Å²) in [4.78, 5) is 34.6. The molecule has 0 aliphatic carbocycles. The maximum atomic E-state index is 14.7. The SMILES string of the molecule is CC(c1cnc(N2CCC2[C@@H](C)N2CC(C)(O)C2)nc1)n1cc(NC(=O)c2cncc(-c3c(C(F)F)ccc(Cl)c3F)n2)cn1. The van der Waals surface area contributed by atoms with Crippen LogP contribution in [-0.4, -0.2) is 82.9 Å². The number of aliphatic hydroxyl groups is 1. The zero-order valence-electron chi connectivity index (χ0n) is 24.7. The minimum absolute atomic E-state index is 0.213. The quantitative estimate of drug-likeness (QED) is 0.266. The lowest BCUT2D eigenvalue weighted by atomic mass is 9.88. The highest BCUT2D eigenvalue weighted by Gasteiger charge is 2.45. The molecule has 236 valence electrons. The van der Waals surface area contributed by atoms with Crippen molar-refractivity contribution in [1.29, 1.82) is 0 Å². The predicted octanol–water partition coefficient (Wildman–Crippen LogP) is 4.76. The summed E-state index contributed by atoms with van der Waals surface area (Å²) in [6.07, 6.45) is 6.85. The van der Waals surface area contributed by atoms with Crippen molar-refractivity contribution in [2.75, 3.05) is 29.9 Å². The lowest BCUT2D eigenvalue weighted by Gasteiger charge is -2.54. The summed E-state index contributed by atoms with van der Waals surface area (Å²) in [7, 11) is 0. The number of β-amino-alcohol motifs (C(OH)–C–C–N with tert-alkyl or cyclic N) is 1. The molecule has 11 nitrogen and oxygen atoms in total. The second-order valence-corrected chi connectivity index (χ2v) is 12.2. The Morgan fingerprint density at radius 2 is 1.87 bits per heavy atom. The molecule has 1 amide bonds. The second-order valence-electron chi connectivity index (χ2n) is 11.8. The number of nitrogens with one attached hydrogen (secondary N) is 1. The van der Waals surface area contributed by atoms with E-state index in [4.69, 9.17) is 11.6 Å². The number of alkyl halides is 2. The van der Waals surface area contributed by atoms with Crippen LogP contribution in [-0.2, 0) is 0 Å². The van der Waals surface area contributed by atoms with Crippen molar-refractivity contribution in [3.05, 3.63) is 77.0 Å². The van der Waals surface area contributed by atoms with Crippen LogP contribution in [0.5, 0.6) is 0 Å². The van der Waals surface area contributed by atoms with E-state index >= 15 is 0 Å². The summed E-state index contributed by atoms with van der Waals surface area (Å²) in [5.41, 5.74) is -1.06. The van der Waals surface area contributed by atoms with E-state index in [9.17, 15) is 23.1 Å². The third-order valence-corrected chi connectivity index (χ3v) is 8.72. The smallest absolute Gasteiger partial charge is 0.275 e. The molecule has 2 aliphatic rings. The fourth-order valence-corrected chi connectivity index (χ4v) is 5.94. The van der Waals surface area contributed by atoms with Gasteiger partial charge in [0.05, 0.1) is 46.6 Å². The molecule has 2 unspecified atom stereocenters. The number of aromatic nitrogens is 6. The molecule has 2 saturated heterocycles. The van der Waals surface area contributed by atoms with Gasteiger partial charge in [0.15, 0.2) is 5.82 Å². The molecule has 3 aromatic heterocycles. The maximum absolute atomic E-state index is 14.7. The van der Waals surface area contributed by atoms with Crippen LogP contribution in [0, 0.1) is 5.82 Å². The number of amides is 1. The van der Waals surface area contributed by atoms with Gasteiger partial charge in [-0.2, -0.15) is 5.10 Å². The van der Waals surface area contributed by atoms with Gasteiger partial charge in [0.2, 0.25) is 5.95 Å². The topological polar surface area (TPSA) is 125 Å². The third-order valence-electron chi connectivity index (χ3n) is 8.43. The molecule has 1 aromatic carbocycles. The van der Waals surface area contributed by atoms with E-state index in [1.54, 1.807) is 23.3 Å². The van der Waals surface area contributed by atoms with Crippen LogP contribution in [0.4, 0.5) is 24.8 Å². The van der Waals surface area contributed by atoms with Gasteiger partial charge in [0, 0.05) is 67.0 Å². The van der Waals surface area contributed by atoms with Gasteiger partial charge in [-0.15, -0.1) is 0 Å². The normalized spacial score (nSPS) is 19.1.